The molecule has 0 heterocycles. The summed E-state index contributed by atoms with van der Waals surface area (Å²) in [6.45, 7) is 1.74. The van der Waals surface area contributed by atoms with E-state index in [0.717, 1.165) is 9.37 Å². The minimum absolute atomic E-state index is 0.0982. The molecule has 2 rings (SSSR count). The van der Waals surface area contributed by atoms with Crippen molar-refractivity contribution in [1.82, 2.24) is 10.9 Å². The van der Waals surface area contributed by atoms with Crippen LogP contribution in [0, 0.1) is 0 Å². The summed E-state index contributed by atoms with van der Waals surface area (Å²) in [5.41, 5.74) is 4.75. The van der Waals surface area contributed by atoms with Gasteiger partial charge in [-0.2, -0.15) is 0 Å². The number of carbonyl (C=O) groups excluding carboxylic acids is 2. The summed E-state index contributed by atoms with van der Waals surface area (Å²) in [5, 5.41) is 9.20. The monoisotopic (exact) mass is 394 g/mol. The molecular formula is C16H15BrN2O3S. The van der Waals surface area contributed by atoms with Crippen LogP contribution < -0.4 is 10.9 Å². The van der Waals surface area contributed by atoms with Crippen LogP contribution in [-0.2, 0) is 4.79 Å². The molecule has 1 atom stereocenters. The minimum Gasteiger partial charge on any atom is -0.507 e. The van der Waals surface area contributed by atoms with E-state index in [9.17, 15) is 14.7 Å². The first-order chi connectivity index (χ1) is 11.0. The zero-order valence-corrected chi connectivity index (χ0v) is 14.6. The van der Waals surface area contributed by atoms with Gasteiger partial charge in [-0.3, -0.25) is 20.4 Å². The number of phenolic OH excluding ortho intramolecular Hbond substituents is 1. The Morgan fingerprint density at radius 3 is 2.39 bits per heavy atom. The van der Waals surface area contributed by atoms with E-state index in [1.165, 1.54) is 23.9 Å². The quantitative estimate of drug-likeness (QED) is 0.549. The predicted molar refractivity (Wildman–Crippen MR) is 93.2 cm³/mol. The fourth-order valence-electron chi connectivity index (χ4n) is 1.72. The average molecular weight is 395 g/mol. The van der Waals surface area contributed by atoms with Gasteiger partial charge in [0.25, 0.3) is 11.8 Å². The molecule has 0 saturated carbocycles. The number of rotatable bonds is 4. The van der Waals surface area contributed by atoms with Gasteiger partial charge in [0.2, 0.25) is 0 Å². The summed E-state index contributed by atoms with van der Waals surface area (Å²) in [6.07, 6.45) is 0. The topological polar surface area (TPSA) is 78.4 Å². The third kappa shape index (κ3) is 5.01. The Hall–Kier alpha value is -1.99. The van der Waals surface area contributed by atoms with E-state index in [1.807, 2.05) is 24.3 Å². The van der Waals surface area contributed by atoms with Crippen LogP contribution in [0.4, 0.5) is 0 Å². The van der Waals surface area contributed by atoms with E-state index >= 15 is 0 Å². The predicted octanol–water partition coefficient (Wildman–Crippen LogP) is 3.10. The van der Waals surface area contributed by atoms with Gasteiger partial charge in [-0.25, -0.2) is 0 Å². The summed E-state index contributed by atoms with van der Waals surface area (Å²) in [4.78, 5) is 24.9. The van der Waals surface area contributed by atoms with Gasteiger partial charge in [0, 0.05) is 9.37 Å². The number of amides is 2. The molecule has 0 fully saturated rings. The first-order valence-electron chi connectivity index (χ1n) is 6.78. The van der Waals surface area contributed by atoms with Crippen molar-refractivity contribution in [3.63, 3.8) is 0 Å². The summed E-state index contributed by atoms with van der Waals surface area (Å²) in [6, 6.07) is 13.7. The van der Waals surface area contributed by atoms with Gasteiger partial charge in [0.05, 0.1) is 10.8 Å². The number of aromatic hydroxyl groups is 1. The second kappa shape index (κ2) is 8.03. The second-order valence-corrected chi connectivity index (χ2v) is 7.00. The largest absolute Gasteiger partial charge is 0.507 e. The van der Waals surface area contributed by atoms with Crippen molar-refractivity contribution >= 4 is 39.5 Å². The lowest BCUT2D eigenvalue weighted by atomic mass is 10.2. The molecule has 0 aliphatic carbocycles. The van der Waals surface area contributed by atoms with Crippen LogP contribution in [0.2, 0.25) is 0 Å². The van der Waals surface area contributed by atoms with Gasteiger partial charge >= 0.3 is 0 Å². The Kier molecular flexibility index (Phi) is 6.06. The number of benzene rings is 2. The lowest BCUT2D eigenvalue weighted by Crippen LogP contribution is -2.44. The Morgan fingerprint density at radius 1 is 1.09 bits per heavy atom. The third-order valence-electron chi connectivity index (χ3n) is 2.94. The Labute approximate surface area is 146 Å². The van der Waals surface area contributed by atoms with Gasteiger partial charge in [0.1, 0.15) is 5.75 Å². The highest BCUT2D eigenvalue weighted by Crippen LogP contribution is 2.24. The first kappa shape index (κ1) is 17.4. The molecule has 1 unspecified atom stereocenters. The lowest BCUT2D eigenvalue weighted by Gasteiger charge is -2.13. The summed E-state index contributed by atoms with van der Waals surface area (Å²) in [7, 11) is 0. The maximum atomic E-state index is 12.0. The molecular weight excluding hydrogens is 380 g/mol. The molecule has 0 bridgehead atoms. The molecule has 0 radical (unpaired) electrons. The lowest BCUT2D eigenvalue weighted by molar-refractivity contribution is -0.121. The highest BCUT2D eigenvalue weighted by molar-refractivity contribution is 9.10. The van der Waals surface area contributed by atoms with Crippen molar-refractivity contribution in [2.75, 3.05) is 0 Å². The molecule has 0 aliphatic heterocycles. The van der Waals surface area contributed by atoms with Crippen LogP contribution in [0.5, 0.6) is 5.75 Å². The fraction of sp³-hybridized carbons (Fsp3) is 0.125. The number of hydrogen-bond acceptors (Lipinski definition) is 4. The van der Waals surface area contributed by atoms with E-state index in [0.29, 0.717) is 0 Å². The number of hydrogen-bond donors (Lipinski definition) is 3. The molecule has 0 aliphatic rings. The maximum absolute atomic E-state index is 12.0. The van der Waals surface area contributed by atoms with Crippen molar-refractivity contribution in [2.24, 2.45) is 0 Å². The van der Waals surface area contributed by atoms with Crippen molar-refractivity contribution in [3.8, 4) is 5.75 Å². The minimum atomic E-state index is -0.572. The highest BCUT2D eigenvalue weighted by atomic mass is 79.9. The average Bonchev–Trinajstić information content (AvgIpc) is 2.54. The maximum Gasteiger partial charge on any atom is 0.273 e. The SMILES string of the molecule is CC(Sc1ccc(Br)cc1)C(=O)NNC(=O)c1ccccc1O. The zero-order valence-electron chi connectivity index (χ0n) is 12.2. The van der Waals surface area contributed by atoms with Gasteiger partial charge in [-0.05, 0) is 43.3 Å². The van der Waals surface area contributed by atoms with E-state index in [2.05, 4.69) is 26.8 Å². The van der Waals surface area contributed by atoms with Crippen LogP contribution in [0.25, 0.3) is 0 Å². The van der Waals surface area contributed by atoms with Crippen molar-refractivity contribution < 1.29 is 14.7 Å². The molecule has 0 spiro atoms. The Morgan fingerprint density at radius 2 is 1.74 bits per heavy atom. The highest BCUT2D eigenvalue weighted by Gasteiger charge is 2.16. The number of halogens is 1. The van der Waals surface area contributed by atoms with E-state index < -0.39 is 5.91 Å². The summed E-state index contributed by atoms with van der Waals surface area (Å²) in [5.74, 6) is -1.05. The number of para-hydroxylation sites is 1. The molecule has 5 nitrogen and oxygen atoms in total. The molecule has 7 heteroatoms. The molecule has 120 valence electrons. The number of thioether (sulfide) groups is 1. The van der Waals surface area contributed by atoms with Crippen molar-refractivity contribution in [3.05, 3.63) is 58.6 Å². The Bertz CT molecular complexity index is 707. The zero-order chi connectivity index (χ0) is 16.8. The molecule has 2 aromatic carbocycles. The number of phenols is 1. The number of nitrogens with one attached hydrogen (secondary N) is 2. The van der Waals surface area contributed by atoms with E-state index in [-0.39, 0.29) is 22.5 Å². The summed E-state index contributed by atoms with van der Waals surface area (Å²) >= 11 is 4.73. The molecule has 3 N–H and O–H groups in total. The van der Waals surface area contributed by atoms with Crippen LogP contribution in [0.15, 0.2) is 57.9 Å². The fourth-order valence-corrected chi connectivity index (χ4v) is 2.86. The first-order valence-corrected chi connectivity index (χ1v) is 8.45. The standard InChI is InChI=1S/C16H15BrN2O3S/c1-10(23-12-8-6-11(17)7-9-12)15(21)18-19-16(22)13-4-2-3-5-14(13)20/h2-10,20H,1H3,(H,18,21)(H,19,22). The van der Waals surface area contributed by atoms with Crippen molar-refractivity contribution in [2.45, 2.75) is 17.1 Å². The molecule has 2 aromatic rings. The Balaban J connectivity index is 1.87. The normalized spacial score (nSPS) is 11.6. The van der Waals surface area contributed by atoms with E-state index in [1.54, 1.807) is 19.1 Å². The van der Waals surface area contributed by atoms with Gasteiger partial charge in [-0.1, -0.05) is 28.1 Å². The summed E-state index contributed by atoms with van der Waals surface area (Å²) < 4.78 is 0.967. The third-order valence-corrected chi connectivity index (χ3v) is 4.58. The van der Waals surface area contributed by atoms with Crippen LogP contribution >= 0.6 is 27.7 Å². The second-order valence-electron chi connectivity index (χ2n) is 4.67. The van der Waals surface area contributed by atoms with Gasteiger partial charge in [0.15, 0.2) is 0 Å². The van der Waals surface area contributed by atoms with Crippen LogP contribution in [0.1, 0.15) is 17.3 Å². The smallest absolute Gasteiger partial charge is 0.273 e. The molecule has 0 saturated heterocycles. The molecule has 0 aromatic heterocycles. The molecule has 2 amide bonds. The van der Waals surface area contributed by atoms with Crippen LogP contribution in [-0.4, -0.2) is 22.2 Å². The van der Waals surface area contributed by atoms with Crippen LogP contribution in [0.3, 0.4) is 0 Å². The van der Waals surface area contributed by atoms with Gasteiger partial charge in [-0.15, -0.1) is 11.8 Å². The van der Waals surface area contributed by atoms with Gasteiger partial charge < -0.3 is 5.11 Å². The number of hydrazine groups is 1. The van der Waals surface area contributed by atoms with E-state index in [4.69, 9.17) is 0 Å². The number of carbonyl (C=O) groups is 2. The van der Waals surface area contributed by atoms with Crippen molar-refractivity contribution in [1.29, 1.82) is 0 Å². The molecule has 23 heavy (non-hydrogen) atoms.